The summed E-state index contributed by atoms with van der Waals surface area (Å²) in [6.07, 6.45) is 4.39. The first kappa shape index (κ1) is 13.1. The number of nitrogen functional groups attached to an aromatic ring is 1. The van der Waals surface area contributed by atoms with Crippen LogP contribution in [0.2, 0.25) is 0 Å². The average Bonchev–Trinajstić information content (AvgIpc) is 2.71. The van der Waals surface area contributed by atoms with Crippen LogP contribution in [0.5, 0.6) is 0 Å². The van der Waals surface area contributed by atoms with E-state index in [0.717, 1.165) is 37.2 Å². The fourth-order valence-corrected chi connectivity index (χ4v) is 2.60. The number of nitrogens with zero attached hydrogens (tertiary/aromatic N) is 2. The van der Waals surface area contributed by atoms with E-state index in [0.29, 0.717) is 11.7 Å². The van der Waals surface area contributed by atoms with Gasteiger partial charge in [-0.05, 0) is 18.8 Å². The lowest BCUT2D eigenvalue weighted by atomic mass is 10.0. The van der Waals surface area contributed by atoms with E-state index in [1.807, 2.05) is 0 Å². The SMILES string of the molecule is CC(C)c1c(N)ncnc1NCC1CCCC1O. The molecule has 1 fully saturated rings. The number of hydrogen-bond acceptors (Lipinski definition) is 5. The van der Waals surface area contributed by atoms with Crippen LogP contribution in [0.25, 0.3) is 0 Å². The summed E-state index contributed by atoms with van der Waals surface area (Å²) in [6.45, 7) is 4.90. The molecule has 2 rings (SSSR count). The second kappa shape index (κ2) is 5.52. The summed E-state index contributed by atoms with van der Waals surface area (Å²) in [5.41, 5.74) is 6.86. The predicted molar refractivity (Wildman–Crippen MR) is 72.4 cm³/mol. The highest BCUT2D eigenvalue weighted by molar-refractivity contribution is 5.56. The molecule has 2 unspecified atom stereocenters. The maximum atomic E-state index is 9.80. The molecule has 1 heterocycles. The van der Waals surface area contributed by atoms with Crippen molar-refractivity contribution in [2.24, 2.45) is 5.92 Å². The first-order valence-corrected chi connectivity index (χ1v) is 6.62. The Morgan fingerprint density at radius 1 is 1.44 bits per heavy atom. The highest BCUT2D eigenvalue weighted by Crippen LogP contribution is 2.29. The zero-order valence-electron chi connectivity index (χ0n) is 11.1. The number of nitrogens with two attached hydrogens (primary N) is 1. The highest BCUT2D eigenvalue weighted by atomic mass is 16.3. The van der Waals surface area contributed by atoms with Crippen LogP contribution in [0.4, 0.5) is 11.6 Å². The van der Waals surface area contributed by atoms with Gasteiger partial charge in [0.25, 0.3) is 0 Å². The largest absolute Gasteiger partial charge is 0.393 e. The fraction of sp³-hybridized carbons (Fsp3) is 0.692. The summed E-state index contributed by atoms with van der Waals surface area (Å²) in [4.78, 5) is 8.30. The molecule has 1 aliphatic carbocycles. The van der Waals surface area contributed by atoms with Crippen LogP contribution in [0.3, 0.4) is 0 Å². The molecule has 0 aromatic carbocycles. The molecule has 18 heavy (non-hydrogen) atoms. The van der Waals surface area contributed by atoms with Gasteiger partial charge in [-0.15, -0.1) is 0 Å². The first-order valence-electron chi connectivity index (χ1n) is 6.62. The summed E-state index contributed by atoms with van der Waals surface area (Å²) in [6, 6.07) is 0. The quantitative estimate of drug-likeness (QED) is 0.758. The number of hydrogen-bond donors (Lipinski definition) is 3. The van der Waals surface area contributed by atoms with Crippen molar-refractivity contribution in [3.05, 3.63) is 11.9 Å². The Morgan fingerprint density at radius 3 is 2.83 bits per heavy atom. The minimum absolute atomic E-state index is 0.181. The number of anilines is 2. The topological polar surface area (TPSA) is 84.1 Å². The molecule has 5 heteroatoms. The minimum atomic E-state index is -0.181. The van der Waals surface area contributed by atoms with E-state index >= 15 is 0 Å². The van der Waals surface area contributed by atoms with Crippen LogP contribution < -0.4 is 11.1 Å². The van der Waals surface area contributed by atoms with Crippen molar-refractivity contribution < 1.29 is 5.11 Å². The lowest BCUT2D eigenvalue weighted by molar-refractivity contribution is 0.138. The smallest absolute Gasteiger partial charge is 0.134 e. The minimum Gasteiger partial charge on any atom is -0.393 e. The summed E-state index contributed by atoms with van der Waals surface area (Å²) in [5, 5.41) is 13.1. The number of rotatable bonds is 4. The first-order chi connectivity index (χ1) is 8.59. The lowest BCUT2D eigenvalue weighted by Gasteiger charge is -2.19. The Labute approximate surface area is 108 Å². The lowest BCUT2D eigenvalue weighted by Crippen LogP contribution is -2.23. The zero-order chi connectivity index (χ0) is 13.1. The van der Waals surface area contributed by atoms with Crippen LogP contribution >= 0.6 is 0 Å². The molecule has 0 aliphatic heterocycles. The molecule has 0 spiro atoms. The van der Waals surface area contributed by atoms with Gasteiger partial charge in [0.15, 0.2) is 0 Å². The molecule has 1 saturated carbocycles. The van der Waals surface area contributed by atoms with Crippen LogP contribution in [-0.4, -0.2) is 27.7 Å². The van der Waals surface area contributed by atoms with Gasteiger partial charge in [-0.1, -0.05) is 20.3 Å². The number of nitrogens with one attached hydrogen (secondary N) is 1. The third kappa shape index (κ3) is 2.72. The summed E-state index contributed by atoms with van der Waals surface area (Å²) in [7, 11) is 0. The number of aromatic nitrogens is 2. The van der Waals surface area contributed by atoms with E-state index in [-0.39, 0.29) is 12.0 Å². The van der Waals surface area contributed by atoms with Crippen molar-refractivity contribution in [1.29, 1.82) is 0 Å². The molecule has 4 N–H and O–H groups in total. The van der Waals surface area contributed by atoms with E-state index < -0.39 is 0 Å². The van der Waals surface area contributed by atoms with Crippen LogP contribution in [0.1, 0.15) is 44.6 Å². The summed E-state index contributed by atoms with van der Waals surface area (Å²) < 4.78 is 0. The van der Waals surface area contributed by atoms with E-state index in [9.17, 15) is 5.11 Å². The Balaban J connectivity index is 2.07. The maximum Gasteiger partial charge on any atom is 0.134 e. The molecular formula is C13H22N4O. The van der Waals surface area contributed by atoms with E-state index in [2.05, 4.69) is 29.1 Å². The van der Waals surface area contributed by atoms with Gasteiger partial charge in [0, 0.05) is 18.0 Å². The van der Waals surface area contributed by atoms with E-state index in [1.54, 1.807) is 0 Å². The third-order valence-electron chi connectivity index (χ3n) is 3.64. The van der Waals surface area contributed by atoms with Crippen LogP contribution in [0.15, 0.2) is 6.33 Å². The van der Waals surface area contributed by atoms with Crippen molar-refractivity contribution in [1.82, 2.24) is 9.97 Å². The number of aliphatic hydroxyl groups excluding tert-OH is 1. The molecule has 1 aromatic heterocycles. The standard InChI is InChI=1S/C13H22N4O/c1-8(2)11-12(14)16-7-17-13(11)15-6-9-4-3-5-10(9)18/h7-10,18H,3-6H2,1-2H3,(H3,14,15,16,17). The van der Waals surface area contributed by atoms with Gasteiger partial charge in [0.05, 0.1) is 6.10 Å². The van der Waals surface area contributed by atoms with Gasteiger partial charge in [0.2, 0.25) is 0 Å². The van der Waals surface area contributed by atoms with E-state index in [4.69, 9.17) is 5.73 Å². The molecular weight excluding hydrogens is 228 g/mol. The van der Waals surface area contributed by atoms with Gasteiger partial charge in [-0.2, -0.15) is 0 Å². The zero-order valence-corrected chi connectivity index (χ0v) is 11.1. The van der Waals surface area contributed by atoms with Gasteiger partial charge in [-0.25, -0.2) is 9.97 Å². The van der Waals surface area contributed by atoms with Crippen LogP contribution in [-0.2, 0) is 0 Å². The van der Waals surface area contributed by atoms with Crippen molar-refractivity contribution in [3.8, 4) is 0 Å². The average molecular weight is 250 g/mol. The monoisotopic (exact) mass is 250 g/mol. The maximum absolute atomic E-state index is 9.80. The molecule has 0 amide bonds. The normalized spacial score (nSPS) is 23.6. The number of aliphatic hydroxyl groups is 1. The predicted octanol–water partition coefficient (Wildman–Crippen LogP) is 1.76. The van der Waals surface area contributed by atoms with Gasteiger partial charge >= 0.3 is 0 Å². The molecule has 100 valence electrons. The Bertz CT molecular complexity index is 408. The fourth-order valence-electron chi connectivity index (χ4n) is 2.60. The van der Waals surface area contributed by atoms with Crippen molar-refractivity contribution in [2.75, 3.05) is 17.6 Å². The molecule has 2 atom stereocenters. The van der Waals surface area contributed by atoms with Gasteiger partial charge in [0.1, 0.15) is 18.0 Å². The van der Waals surface area contributed by atoms with Crippen LogP contribution in [0, 0.1) is 5.92 Å². The molecule has 1 aliphatic rings. The second-order valence-electron chi connectivity index (χ2n) is 5.32. The van der Waals surface area contributed by atoms with Crippen molar-refractivity contribution >= 4 is 11.6 Å². The summed E-state index contributed by atoms with van der Waals surface area (Å²) in [5.74, 6) is 1.94. The second-order valence-corrected chi connectivity index (χ2v) is 5.32. The van der Waals surface area contributed by atoms with Crippen molar-refractivity contribution in [2.45, 2.75) is 45.1 Å². The van der Waals surface area contributed by atoms with E-state index in [1.165, 1.54) is 6.33 Å². The Kier molecular flexibility index (Phi) is 4.01. The van der Waals surface area contributed by atoms with Crippen molar-refractivity contribution in [3.63, 3.8) is 0 Å². The molecule has 5 nitrogen and oxygen atoms in total. The molecule has 0 radical (unpaired) electrons. The van der Waals surface area contributed by atoms with Gasteiger partial charge in [-0.3, -0.25) is 0 Å². The Hall–Kier alpha value is -1.36. The third-order valence-corrected chi connectivity index (χ3v) is 3.64. The summed E-state index contributed by atoms with van der Waals surface area (Å²) >= 11 is 0. The molecule has 0 saturated heterocycles. The molecule has 1 aromatic rings. The Morgan fingerprint density at radius 2 is 2.22 bits per heavy atom. The molecule has 0 bridgehead atoms. The highest BCUT2D eigenvalue weighted by Gasteiger charge is 2.25. The van der Waals surface area contributed by atoms with Gasteiger partial charge < -0.3 is 16.2 Å².